The van der Waals surface area contributed by atoms with E-state index in [4.69, 9.17) is 21.3 Å². The van der Waals surface area contributed by atoms with Gasteiger partial charge in [0.25, 0.3) is 0 Å². The Morgan fingerprint density at radius 3 is 2.61 bits per heavy atom. The third-order valence-electron chi connectivity index (χ3n) is 7.94. The molecule has 5 rings (SSSR count). The van der Waals surface area contributed by atoms with E-state index in [1.54, 1.807) is 0 Å². The van der Waals surface area contributed by atoms with Gasteiger partial charge in [0.1, 0.15) is 23.7 Å². The van der Waals surface area contributed by atoms with Crippen molar-refractivity contribution in [3.05, 3.63) is 98.0 Å². The van der Waals surface area contributed by atoms with Gasteiger partial charge in [0, 0.05) is 38.3 Å². The van der Waals surface area contributed by atoms with Crippen LogP contribution in [0.2, 0.25) is 5.02 Å². The summed E-state index contributed by atoms with van der Waals surface area (Å²) in [5.74, 6) is -2.30. The average Bonchev–Trinajstić information content (AvgIpc) is 3.65. The van der Waals surface area contributed by atoms with Gasteiger partial charge in [-0.3, -0.25) is 5.10 Å². The van der Waals surface area contributed by atoms with Gasteiger partial charge in [-0.15, -0.1) is 0 Å². The van der Waals surface area contributed by atoms with Crippen molar-refractivity contribution < 1.29 is 28.2 Å². The van der Waals surface area contributed by atoms with Crippen LogP contribution in [0.5, 0.6) is 11.5 Å². The molecule has 0 fully saturated rings. The quantitative estimate of drug-likeness (QED) is 0.0664. The van der Waals surface area contributed by atoms with E-state index in [-0.39, 0.29) is 33.5 Å². The first-order valence-corrected chi connectivity index (χ1v) is 15.8. The molecule has 2 heterocycles. The Balaban J connectivity index is 1.52. The van der Waals surface area contributed by atoms with E-state index in [1.807, 2.05) is 39.0 Å². The zero-order valence-electron chi connectivity index (χ0n) is 25.1. The number of carboxylic acids is 1. The van der Waals surface area contributed by atoms with Crippen LogP contribution in [-0.2, 0) is 15.0 Å². The maximum absolute atomic E-state index is 15.3. The van der Waals surface area contributed by atoms with Crippen LogP contribution in [0, 0.1) is 20.6 Å². The Morgan fingerprint density at radius 2 is 1.89 bits per heavy atom. The molecule has 1 unspecified atom stereocenters. The summed E-state index contributed by atoms with van der Waals surface area (Å²) in [6.45, 7) is 5.83. The monoisotopic (exact) mass is 758 g/mol. The van der Waals surface area contributed by atoms with Gasteiger partial charge in [0.05, 0.1) is 21.5 Å². The molecule has 0 bridgehead atoms. The standard InChI is InChI=1S/C34H30ClF2IN4O4/c1-33(2,18-43)12-5-13-34(3,19-6-4-7-20(38)14-19)32-40-31(41-42-32)23-15-21(8-10-25(23)36)46-30-22(9-11-28(44)45)29-24(35)17-39-27(29)16-26(30)37/h4,6-11,14-18,39H,5,12-13H2,1-3H3,(H,44,45)(H,40,41,42)/b11-9+. The number of aliphatic carboxylic acids is 1. The van der Waals surface area contributed by atoms with E-state index in [9.17, 15) is 14.7 Å². The van der Waals surface area contributed by atoms with Gasteiger partial charge in [-0.25, -0.2) is 18.6 Å². The molecule has 0 amide bonds. The molecule has 0 aliphatic rings. The molecule has 0 aliphatic heterocycles. The third-order valence-corrected chi connectivity index (χ3v) is 8.91. The molecule has 0 saturated heterocycles. The molecule has 1 atom stereocenters. The summed E-state index contributed by atoms with van der Waals surface area (Å²) >= 11 is 8.57. The highest BCUT2D eigenvalue weighted by Gasteiger charge is 2.34. The number of aldehydes is 1. The Kier molecular flexibility index (Phi) is 9.64. The van der Waals surface area contributed by atoms with Gasteiger partial charge in [-0.2, -0.15) is 5.10 Å². The predicted molar refractivity (Wildman–Crippen MR) is 181 cm³/mol. The maximum Gasteiger partial charge on any atom is 0.328 e. The number of carboxylic acid groups (broad SMARTS) is 1. The number of aromatic nitrogens is 4. The molecule has 0 radical (unpaired) electrons. The molecular formula is C34H30ClF2IN4O4. The number of ether oxygens (including phenoxy) is 1. The molecule has 12 heteroatoms. The fraction of sp³-hybridized carbons (Fsp3) is 0.235. The SMILES string of the molecule is CC(C)(C=O)CCCC(C)(c1cccc(I)c1)c1nc(-c2cc(Oc3c(F)cc4[nH]cc(Cl)c4c3/C=C/C(=O)O)ccc2F)n[nH]1. The Bertz CT molecular complexity index is 1970. The first-order valence-electron chi connectivity index (χ1n) is 14.3. The van der Waals surface area contributed by atoms with Crippen molar-refractivity contribution in [1.82, 2.24) is 20.2 Å². The first kappa shape index (κ1) is 33.3. The van der Waals surface area contributed by atoms with E-state index in [1.165, 1.54) is 30.5 Å². The summed E-state index contributed by atoms with van der Waals surface area (Å²) in [6, 6.07) is 13.0. The average molecular weight is 759 g/mol. The number of hydrogen-bond acceptors (Lipinski definition) is 5. The third kappa shape index (κ3) is 7.00. The van der Waals surface area contributed by atoms with Crippen molar-refractivity contribution in [3.63, 3.8) is 0 Å². The van der Waals surface area contributed by atoms with Crippen LogP contribution in [0.3, 0.4) is 0 Å². The van der Waals surface area contributed by atoms with Crippen molar-refractivity contribution in [3.8, 4) is 22.9 Å². The highest BCUT2D eigenvalue weighted by Crippen LogP contribution is 2.41. The summed E-state index contributed by atoms with van der Waals surface area (Å²) in [7, 11) is 0. The minimum absolute atomic E-state index is 0.0101. The van der Waals surface area contributed by atoms with Crippen LogP contribution in [0.25, 0.3) is 28.4 Å². The first-order chi connectivity index (χ1) is 21.8. The summed E-state index contributed by atoms with van der Waals surface area (Å²) in [4.78, 5) is 30.4. The number of rotatable bonds is 12. The van der Waals surface area contributed by atoms with Gasteiger partial charge in [0.2, 0.25) is 0 Å². The van der Waals surface area contributed by atoms with Gasteiger partial charge in [-0.05, 0) is 84.3 Å². The molecule has 0 spiro atoms. The van der Waals surface area contributed by atoms with Crippen LogP contribution < -0.4 is 4.74 Å². The number of nitrogens with one attached hydrogen (secondary N) is 2. The summed E-state index contributed by atoms with van der Waals surface area (Å²) in [6.07, 6.45) is 6.49. The molecule has 8 nitrogen and oxygen atoms in total. The highest BCUT2D eigenvalue weighted by molar-refractivity contribution is 14.1. The number of fused-ring (bicyclic) bond motifs is 1. The second-order valence-electron chi connectivity index (χ2n) is 11.9. The van der Waals surface area contributed by atoms with E-state index < -0.39 is 28.4 Å². The van der Waals surface area contributed by atoms with Gasteiger partial charge in [-0.1, -0.05) is 44.0 Å². The lowest BCUT2D eigenvalue weighted by Crippen LogP contribution is -2.26. The number of carbonyl (C=O) groups is 2. The van der Waals surface area contributed by atoms with Crippen molar-refractivity contribution in [2.75, 3.05) is 0 Å². The smallest absolute Gasteiger partial charge is 0.328 e. The number of halogens is 4. The molecule has 5 aromatic rings. The molecule has 3 aromatic carbocycles. The van der Waals surface area contributed by atoms with Crippen LogP contribution in [0.15, 0.2) is 60.8 Å². The van der Waals surface area contributed by atoms with Gasteiger partial charge >= 0.3 is 5.97 Å². The van der Waals surface area contributed by atoms with E-state index in [0.717, 1.165) is 34.0 Å². The topological polar surface area (TPSA) is 121 Å². The predicted octanol–water partition coefficient (Wildman–Crippen LogP) is 9.08. The van der Waals surface area contributed by atoms with Gasteiger partial charge < -0.3 is 19.6 Å². The van der Waals surface area contributed by atoms with Crippen molar-refractivity contribution in [2.24, 2.45) is 5.41 Å². The Morgan fingerprint density at radius 1 is 1.11 bits per heavy atom. The number of hydrogen-bond donors (Lipinski definition) is 3. The van der Waals surface area contributed by atoms with Crippen molar-refractivity contribution >= 4 is 63.4 Å². The van der Waals surface area contributed by atoms with Gasteiger partial charge in [0.15, 0.2) is 17.4 Å². The number of nitrogens with zero attached hydrogens (tertiary/aromatic N) is 2. The Hall–Kier alpha value is -4.10. The normalized spacial score (nSPS) is 13.3. The largest absolute Gasteiger partial charge is 0.478 e. The second-order valence-corrected chi connectivity index (χ2v) is 13.5. The summed E-state index contributed by atoms with van der Waals surface area (Å²) in [5.41, 5.74) is 0.327. The summed E-state index contributed by atoms with van der Waals surface area (Å²) < 4.78 is 37.6. The number of aromatic amines is 2. The van der Waals surface area contributed by atoms with Crippen LogP contribution >= 0.6 is 34.2 Å². The zero-order valence-corrected chi connectivity index (χ0v) is 28.0. The maximum atomic E-state index is 15.3. The van der Waals surface area contributed by atoms with Crippen LogP contribution in [0.1, 0.15) is 57.0 Å². The molecule has 0 aliphatic carbocycles. The number of H-pyrrole nitrogens is 2. The lowest BCUT2D eigenvalue weighted by molar-refractivity contribution is -0.131. The lowest BCUT2D eigenvalue weighted by Gasteiger charge is -2.29. The molecule has 2 aromatic heterocycles. The minimum Gasteiger partial charge on any atom is -0.478 e. The molecule has 46 heavy (non-hydrogen) atoms. The molecular weight excluding hydrogens is 729 g/mol. The fourth-order valence-corrected chi connectivity index (χ4v) is 6.13. The lowest BCUT2D eigenvalue weighted by atomic mass is 9.75. The van der Waals surface area contributed by atoms with E-state index >= 15 is 8.78 Å². The van der Waals surface area contributed by atoms with Crippen LogP contribution in [-0.4, -0.2) is 37.5 Å². The number of benzene rings is 3. The second kappa shape index (κ2) is 13.3. The van der Waals surface area contributed by atoms with Crippen molar-refractivity contribution in [2.45, 2.75) is 45.4 Å². The van der Waals surface area contributed by atoms with E-state index in [2.05, 4.69) is 43.8 Å². The molecule has 238 valence electrons. The Labute approximate surface area is 282 Å². The molecule has 3 N–H and O–H groups in total. The molecule has 0 saturated carbocycles. The highest BCUT2D eigenvalue weighted by atomic mass is 127. The fourth-order valence-electron chi connectivity index (χ4n) is 5.33. The summed E-state index contributed by atoms with van der Waals surface area (Å²) in [5, 5.41) is 17.2. The minimum atomic E-state index is -1.25. The number of carbonyl (C=O) groups excluding carboxylic acids is 1. The zero-order chi connectivity index (χ0) is 33.2. The van der Waals surface area contributed by atoms with Crippen molar-refractivity contribution in [1.29, 1.82) is 0 Å². The van der Waals surface area contributed by atoms with Crippen LogP contribution in [0.4, 0.5) is 8.78 Å². The van der Waals surface area contributed by atoms with E-state index in [0.29, 0.717) is 29.6 Å².